The maximum atomic E-state index is 12.8. The van der Waals surface area contributed by atoms with Gasteiger partial charge in [0.2, 0.25) is 5.91 Å². The predicted octanol–water partition coefficient (Wildman–Crippen LogP) is 2.36. The summed E-state index contributed by atoms with van der Waals surface area (Å²) in [4.78, 5) is 38.4. The number of hydrogen-bond donors (Lipinski definition) is 3. The fourth-order valence-corrected chi connectivity index (χ4v) is 3.66. The van der Waals surface area contributed by atoms with Gasteiger partial charge in [0.05, 0.1) is 16.8 Å². The molecule has 0 saturated carbocycles. The van der Waals surface area contributed by atoms with Crippen LogP contribution in [0.25, 0.3) is 0 Å². The van der Waals surface area contributed by atoms with Crippen molar-refractivity contribution < 1.29 is 14.4 Å². The van der Waals surface area contributed by atoms with E-state index in [1.807, 2.05) is 6.92 Å². The van der Waals surface area contributed by atoms with Gasteiger partial charge < -0.3 is 20.9 Å². The molecule has 0 unspecified atom stereocenters. The summed E-state index contributed by atoms with van der Waals surface area (Å²) in [7, 11) is 0. The third kappa shape index (κ3) is 3.93. The van der Waals surface area contributed by atoms with Crippen molar-refractivity contribution in [3.05, 3.63) is 28.8 Å². The molecule has 0 radical (unpaired) electrons. The number of benzene rings is 1. The van der Waals surface area contributed by atoms with Gasteiger partial charge in [-0.15, -0.1) is 0 Å². The van der Waals surface area contributed by atoms with Crippen LogP contribution in [0.3, 0.4) is 0 Å². The van der Waals surface area contributed by atoms with E-state index in [-0.39, 0.29) is 29.9 Å². The average molecular weight is 379 g/mol. The molecule has 7 nitrogen and oxygen atoms in total. The summed E-state index contributed by atoms with van der Waals surface area (Å²) in [5, 5.41) is 8.81. The highest BCUT2D eigenvalue weighted by Gasteiger charge is 2.40. The SMILES string of the molecule is CCCNC(=O)c1ccc(Cl)c(NC(=O)N2[C@@H]3CC[C@H]2CNC(=O)C3)c1. The van der Waals surface area contributed by atoms with Crippen LogP contribution in [-0.4, -0.2) is 47.9 Å². The highest BCUT2D eigenvalue weighted by atomic mass is 35.5. The van der Waals surface area contributed by atoms with Gasteiger partial charge in [-0.05, 0) is 37.5 Å². The molecule has 2 aliphatic heterocycles. The normalized spacial score (nSPS) is 21.8. The molecule has 3 rings (SSSR count). The van der Waals surface area contributed by atoms with Crippen LogP contribution in [0.1, 0.15) is 43.0 Å². The zero-order valence-electron chi connectivity index (χ0n) is 14.7. The number of anilines is 1. The lowest BCUT2D eigenvalue weighted by atomic mass is 10.1. The van der Waals surface area contributed by atoms with Crippen LogP contribution in [0.5, 0.6) is 0 Å². The number of nitrogens with one attached hydrogen (secondary N) is 3. The van der Waals surface area contributed by atoms with Crippen molar-refractivity contribution in [2.45, 2.75) is 44.7 Å². The molecule has 2 aliphatic rings. The largest absolute Gasteiger partial charge is 0.354 e. The molecule has 26 heavy (non-hydrogen) atoms. The van der Waals surface area contributed by atoms with Crippen molar-refractivity contribution in [3.63, 3.8) is 0 Å². The van der Waals surface area contributed by atoms with Gasteiger partial charge in [0.25, 0.3) is 5.91 Å². The first kappa shape index (κ1) is 18.5. The van der Waals surface area contributed by atoms with Crippen LogP contribution in [0.4, 0.5) is 10.5 Å². The minimum Gasteiger partial charge on any atom is -0.354 e. The molecule has 8 heteroatoms. The zero-order chi connectivity index (χ0) is 18.7. The van der Waals surface area contributed by atoms with Gasteiger partial charge in [-0.1, -0.05) is 18.5 Å². The van der Waals surface area contributed by atoms with Gasteiger partial charge in [-0.2, -0.15) is 0 Å². The highest BCUT2D eigenvalue weighted by molar-refractivity contribution is 6.33. The summed E-state index contributed by atoms with van der Waals surface area (Å²) in [5.74, 6) is -0.230. The first-order chi connectivity index (χ1) is 12.5. The highest BCUT2D eigenvalue weighted by Crippen LogP contribution is 2.30. The van der Waals surface area contributed by atoms with Gasteiger partial charge in [0.15, 0.2) is 0 Å². The van der Waals surface area contributed by atoms with E-state index in [1.165, 1.54) is 0 Å². The second kappa shape index (κ2) is 7.95. The Balaban J connectivity index is 1.74. The third-order valence-electron chi connectivity index (χ3n) is 4.82. The van der Waals surface area contributed by atoms with E-state index in [1.54, 1.807) is 23.1 Å². The summed E-state index contributed by atoms with van der Waals surface area (Å²) in [6.45, 7) is 3.03. The fourth-order valence-electron chi connectivity index (χ4n) is 3.49. The Morgan fingerprint density at radius 1 is 1.31 bits per heavy atom. The molecule has 2 fully saturated rings. The maximum absolute atomic E-state index is 12.8. The fraction of sp³-hybridized carbons (Fsp3) is 0.500. The molecule has 1 aromatic rings. The van der Waals surface area contributed by atoms with Crippen LogP contribution >= 0.6 is 11.6 Å². The molecule has 4 amide bonds. The van der Waals surface area contributed by atoms with Crippen LogP contribution in [0.15, 0.2) is 18.2 Å². The van der Waals surface area contributed by atoms with E-state index in [2.05, 4.69) is 16.0 Å². The Morgan fingerprint density at radius 2 is 2.08 bits per heavy atom. The lowest BCUT2D eigenvalue weighted by molar-refractivity contribution is -0.121. The Kier molecular flexibility index (Phi) is 5.66. The Morgan fingerprint density at radius 3 is 2.85 bits per heavy atom. The van der Waals surface area contributed by atoms with Gasteiger partial charge in [0, 0.05) is 31.1 Å². The molecule has 2 saturated heterocycles. The minimum atomic E-state index is -0.290. The second-order valence-corrected chi connectivity index (χ2v) is 7.09. The number of nitrogens with zero attached hydrogens (tertiary/aromatic N) is 1. The molecular weight excluding hydrogens is 356 g/mol. The van der Waals surface area contributed by atoms with Gasteiger partial charge in [-0.3, -0.25) is 9.59 Å². The van der Waals surface area contributed by atoms with E-state index in [9.17, 15) is 14.4 Å². The van der Waals surface area contributed by atoms with Gasteiger partial charge in [-0.25, -0.2) is 4.79 Å². The third-order valence-corrected chi connectivity index (χ3v) is 5.15. The molecule has 0 aliphatic carbocycles. The van der Waals surface area contributed by atoms with Crippen molar-refractivity contribution >= 4 is 35.1 Å². The minimum absolute atomic E-state index is 0.0127. The molecular formula is C18H23ClN4O3. The molecule has 0 aromatic heterocycles. The van der Waals surface area contributed by atoms with Crippen molar-refractivity contribution in [1.82, 2.24) is 15.5 Å². The molecule has 2 atom stereocenters. The molecule has 1 aromatic carbocycles. The summed E-state index contributed by atoms with van der Waals surface area (Å²) in [5.41, 5.74) is 0.831. The number of urea groups is 1. The summed E-state index contributed by atoms with van der Waals surface area (Å²) in [6, 6.07) is 4.40. The van der Waals surface area contributed by atoms with E-state index < -0.39 is 0 Å². The van der Waals surface area contributed by atoms with Gasteiger partial charge >= 0.3 is 6.03 Å². The molecule has 140 valence electrons. The van der Waals surface area contributed by atoms with Crippen molar-refractivity contribution in [3.8, 4) is 0 Å². The van der Waals surface area contributed by atoms with Crippen molar-refractivity contribution in [1.29, 1.82) is 0 Å². The first-order valence-electron chi connectivity index (χ1n) is 8.93. The quantitative estimate of drug-likeness (QED) is 0.751. The number of hydrogen-bond acceptors (Lipinski definition) is 3. The summed E-state index contributed by atoms with van der Waals surface area (Å²) >= 11 is 6.20. The predicted molar refractivity (Wildman–Crippen MR) is 99.4 cm³/mol. The number of fused-ring (bicyclic) bond motifs is 2. The van der Waals surface area contributed by atoms with Gasteiger partial charge in [0.1, 0.15) is 0 Å². The van der Waals surface area contributed by atoms with Crippen molar-refractivity contribution in [2.75, 3.05) is 18.4 Å². The molecule has 2 bridgehead atoms. The standard InChI is InChI=1S/C18H23ClN4O3/c1-2-7-20-17(25)11-3-6-14(19)15(8-11)22-18(26)23-12-4-5-13(23)10-21-16(24)9-12/h3,6,8,12-13H,2,4-5,7,9-10H2,1H3,(H,20,25)(H,21,24)(H,22,26)/t12-,13+/m1/s1. The number of rotatable bonds is 4. The van der Waals surface area contributed by atoms with Crippen LogP contribution in [0, 0.1) is 0 Å². The topological polar surface area (TPSA) is 90.5 Å². The molecule has 0 spiro atoms. The Labute approximate surface area is 157 Å². The Hall–Kier alpha value is -2.28. The Bertz CT molecular complexity index is 724. The van der Waals surface area contributed by atoms with Crippen LogP contribution in [0.2, 0.25) is 5.02 Å². The van der Waals surface area contributed by atoms with E-state index >= 15 is 0 Å². The van der Waals surface area contributed by atoms with Crippen molar-refractivity contribution in [2.24, 2.45) is 0 Å². The monoisotopic (exact) mass is 378 g/mol. The summed E-state index contributed by atoms with van der Waals surface area (Å²) < 4.78 is 0. The maximum Gasteiger partial charge on any atom is 0.322 e. The zero-order valence-corrected chi connectivity index (χ0v) is 15.4. The lowest BCUT2D eigenvalue weighted by Gasteiger charge is -2.27. The number of carbonyl (C=O) groups is 3. The van der Waals surface area contributed by atoms with Crippen LogP contribution in [-0.2, 0) is 4.79 Å². The molecule has 3 N–H and O–H groups in total. The number of amides is 4. The molecule has 2 heterocycles. The van der Waals surface area contributed by atoms with E-state index in [4.69, 9.17) is 11.6 Å². The van der Waals surface area contributed by atoms with E-state index in [0.717, 1.165) is 19.3 Å². The second-order valence-electron chi connectivity index (χ2n) is 6.68. The smallest absolute Gasteiger partial charge is 0.322 e. The lowest BCUT2D eigenvalue weighted by Crippen LogP contribution is -2.44. The van der Waals surface area contributed by atoms with E-state index in [0.29, 0.717) is 35.8 Å². The number of carbonyl (C=O) groups excluding carboxylic acids is 3. The van der Waals surface area contributed by atoms with Crippen LogP contribution < -0.4 is 16.0 Å². The average Bonchev–Trinajstić information content (AvgIpc) is 2.93. The summed E-state index contributed by atoms with van der Waals surface area (Å²) in [6.07, 6.45) is 2.84. The first-order valence-corrected chi connectivity index (χ1v) is 9.31. The number of halogens is 1.